The fourth-order valence-corrected chi connectivity index (χ4v) is 4.37. The van der Waals surface area contributed by atoms with Crippen LogP contribution in [0.4, 0.5) is 32.2 Å². The first-order chi connectivity index (χ1) is 17.3. The van der Waals surface area contributed by atoms with Gasteiger partial charge in [0.25, 0.3) is 0 Å². The molecule has 0 unspecified atom stereocenters. The Kier molecular flexibility index (Phi) is 11.1. The van der Waals surface area contributed by atoms with E-state index in [2.05, 4.69) is 25.6 Å². The first-order valence-corrected chi connectivity index (χ1v) is 11.7. The van der Waals surface area contributed by atoms with Crippen LogP contribution in [-0.4, -0.2) is 81.2 Å². The molecule has 2 saturated heterocycles. The van der Waals surface area contributed by atoms with Gasteiger partial charge in [0.1, 0.15) is 10.8 Å². The van der Waals surface area contributed by atoms with Crippen molar-refractivity contribution in [2.75, 3.05) is 25.0 Å². The van der Waals surface area contributed by atoms with Crippen molar-refractivity contribution in [3.63, 3.8) is 0 Å². The van der Waals surface area contributed by atoms with Crippen molar-refractivity contribution in [2.24, 2.45) is 5.92 Å². The number of hydrogen-bond donors (Lipinski definition) is 3. The SMILES string of the molecule is O=C(O)C(F)(F)F.O=C(O)C(F)(F)F.c1ccc(N[C@@H]2CN(Cc3nccs3)C[C@@H]3CCCO[C@@H]32)nc1. The minimum absolute atomic E-state index is 0.281. The molecule has 206 valence electrons. The summed E-state index contributed by atoms with van der Waals surface area (Å²) in [6.07, 6.45) is -3.74. The summed E-state index contributed by atoms with van der Waals surface area (Å²) >= 11 is 1.73. The van der Waals surface area contributed by atoms with E-state index >= 15 is 0 Å². The molecule has 2 aliphatic heterocycles. The van der Waals surface area contributed by atoms with Crippen LogP contribution in [0.3, 0.4) is 0 Å². The summed E-state index contributed by atoms with van der Waals surface area (Å²) in [4.78, 5) is 29.2. The predicted octanol–water partition coefficient (Wildman–Crippen LogP) is 3.90. The number of piperidine rings is 1. The highest BCUT2D eigenvalue weighted by Gasteiger charge is 2.40. The Hall–Kier alpha value is -2.98. The van der Waals surface area contributed by atoms with E-state index in [1.54, 1.807) is 11.3 Å². The fourth-order valence-electron chi connectivity index (χ4n) is 3.71. The molecule has 0 saturated carbocycles. The summed E-state index contributed by atoms with van der Waals surface area (Å²) in [6, 6.07) is 6.27. The molecule has 4 rings (SSSR count). The molecule has 0 spiro atoms. The number of carboxylic acids is 2. The number of carboxylic acid groups (broad SMARTS) is 2. The third-order valence-corrected chi connectivity index (χ3v) is 5.93. The van der Waals surface area contributed by atoms with Crippen LogP contribution in [0.1, 0.15) is 17.8 Å². The Morgan fingerprint density at radius 3 is 2.22 bits per heavy atom. The number of hydrogen-bond acceptors (Lipinski definition) is 8. The molecule has 9 nitrogen and oxygen atoms in total. The lowest BCUT2D eigenvalue weighted by Gasteiger charge is -2.46. The zero-order valence-electron chi connectivity index (χ0n) is 19.1. The van der Waals surface area contributed by atoms with Gasteiger partial charge in [-0.2, -0.15) is 26.3 Å². The molecule has 0 amide bonds. The second-order valence-corrected chi connectivity index (χ2v) is 8.91. The molecular formula is C21H24F6N4O5S. The first kappa shape index (κ1) is 30.2. The molecule has 0 aromatic carbocycles. The van der Waals surface area contributed by atoms with Crippen LogP contribution < -0.4 is 5.32 Å². The number of nitrogens with one attached hydrogen (secondary N) is 1. The average Bonchev–Trinajstić information content (AvgIpc) is 3.32. The number of thiazole rings is 1. The maximum Gasteiger partial charge on any atom is 0.490 e. The van der Waals surface area contributed by atoms with Crippen LogP contribution >= 0.6 is 11.3 Å². The van der Waals surface area contributed by atoms with E-state index in [4.69, 9.17) is 24.5 Å². The highest BCUT2D eigenvalue weighted by atomic mass is 32.1. The lowest BCUT2D eigenvalue weighted by atomic mass is 9.85. The van der Waals surface area contributed by atoms with Crippen LogP contribution in [0, 0.1) is 5.92 Å². The van der Waals surface area contributed by atoms with E-state index in [1.807, 2.05) is 30.6 Å². The van der Waals surface area contributed by atoms with Gasteiger partial charge < -0.3 is 20.3 Å². The molecule has 4 heterocycles. The van der Waals surface area contributed by atoms with E-state index < -0.39 is 24.3 Å². The van der Waals surface area contributed by atoms with Gasteiger partial charge in [-0.1, -0.05) is 6.07 Å². The lowest BCUT2D eigenvalue weighted by Crippen LogP contribution is -2.57. The largest absolute Gasteiger partial charge is 0.490 e. The Balaban J connectivity index is 0.000000286. The minimum atomic E-state index is -5.08. The van der Waals surface area contributed by atoms with Gasteiger partial charge in [-0.15, -0.1) is 11.3 Å². The number of aromatic nitrogens is 2. The van der Waals surface area contributed by atoms with Crippen LogP contribution in [0.2, 0.25) is 0 Å². The summed E-state index contributed by atoms with van der Waals surface area (Å²) < 4.78 is 69.6. The predicted molar refractivity (Wildman–Crippen MR) is 119 cm³/mol. The van der Waals surface area contributed by atoms with Gasteiger partial charge >= 0.3 is 24.3 Å². The van der Waals surface area contributed by atoms with Crippen LogP contribution in [-0.2, 0) is 20.9 Å². The van der Waals surface area contributed by atoms with E-state index in [0.29, 0.717) is 12.0 Å². The number of nitrogens with zero attached hydrogens (tertiary/aromatic N) is 3. The van der Waals surface area contributed by atoms with E-state index in [9.17, 15) is 26.3 Å². The van der Waals surface area contributed by atoms with E-state index in [1.165, 1.54) is 17.8 Å². The van der Waals surface area contributed by atoms with Crippen LogP contribution in [0.25, 0.3) is 0 Å². The van der Waals surface area contributed by atoms with E-state index in [0.717, 1.165) is 32.1 Å². The lowest BCUT2D eigenvalue weighted by molar-refractivity contribution is -0.193. The van der Waals surface area contributed by atoms with Gasteiger partial charge in [-0.25, -0.2) is 19.6 Å². The molecule has 0 radical (unpaired) electrons. The number of anilines is 1. The topological polar surface area (TPSA) is 125 Å². The van der Waals surface area contributed by atoms with Crippen LogP contribution in [0.5, 0.6) is 0 Å². The number of carbonyl (C=O) groups is 2. The number of ether oxygens (including phenoxy) is 1. The number of halogens is 6. The molecular weight excluding hydrogens is 534 g/mol. The van der Waals surface area contributed by atoms with Gasteiger partial charge in [0.05, 0.1) is 18.7 Å². The Labute approximate surface area is 211 Å². The first-order valence-electron chi connectivity index (χ1n) is 10.8. The zero-order chi connectivity index (χ0) is 27.6. The van der Waals surface area contributed by atoms with Gasteiger partial charge in [-0.05, 0) is 30.9 Å². The Bertz CT molecular complexity index is 954. The van der Waals surface area contributed by atoms with Crippen molar-refractivity contribution in [1.29, 1.82) is 0 Å². The van der Waals surface area contributed by atoms with Crippen molar-refractivity contribution >= 4 is 29.1 Å². The summed E-state index contributed by atoms with van der Waals surface area (Å²) in [7, 11) is 0. The second kappa shape index (κ2) is 13.5. The molecule has 3 atom stereocenters. The van der Waals surface area contributed by atoms with Gasteiger partial charge in [0.2, 0.25) is 0 Å². The maximum absolute atomic E-state index is 10.6. The quantitative estimate of drug-likeness (QED) is 0.480. The molecule has 2 aromatic rings. The number of aliphatic carboxylic acids is 2. The number of fused-ring (bicyclic) bond motifs is 1. The number of likely N-dealkylation sites (tertiary alicyclic amines) is 1. The second-order valence-electron chi connectivity index (χ2n) is 7.93. The summed E-state index contributed by atoms with van der Waals surface area (Å²) in [6.45, 7) is 3.89. The third-order valence-electron chi connectivity index (χ3n) is 5.16. The average molecular weight is 559 g/mol. The molecule has 2 aromatic heterocycles. The summed E-state index contributed by atoms with van der Waals surface area (Å²) in [5.74, 6) is -3.99. The zero-order valence-corrected chi connectivity index (χ0v) is 19.9. The Morgan fingerprint density at radius 1 is 1.05 bits per heavy atom. The molecule has 37 heavy (non-hydrogen) atoms. The number of pyridine rings is 1. The highest BCUT2D eigenvalue weighted by molar-refractivity contribution is 7.09. The summed E-state index contributed by atoms with van der Waals surface area (Å²) in [5, 5.41) is 21.1. The minimum Gasteiger partial charge on any atom is -0.475 e. The van der Waals surface area contributed by atoms with Crippen molar-refractivity contribution in [2.45, 2.75) is 43.9 Å². The van der Waals surface area contributed by atoms with Gasteiger partial charge in [0, 0.05) is 37.5 Å². The standard InChI is InChI=1S/C17H22N4OS.2C2HF3O2/c1-2-6-18-15(5-1)20-14-11-21(12-16-19-7-9-23-16)10-13-4-3-8-22-17(13)14;2*3-2(4,5)1(6)7/h1-2,5-7,9,13-14,17H,3-4,8,10-12H2,(H,18,20);2*(H,6,7)/t13-,14+,17-;;/m0../s1. The molecule has 0 bridgehead atoms. The fraction of sp³-hybridized carbons (Fsp3) is 0.524. The maximum atomic E-state index is 10.6. The monoisotopic (exact) mass is 558 g/mol. The summed E-state index contributed by atoms with van der Waals surface area (Å²) in [5.41, 5.74) is 0. The molecule has 0 aliphatic carbocycles. The number of alkyl halides is 6. The third kappa shape index (κ3) is 10.5. The van der Waals surface area contributed by atoms with Gasteiger partial charge in [0.15, 0.2) is 0 Å². The molecule has 2 aliphatic rings. The van der Waals surface area contributed by atoms with Gasteiger partial charge in [-0.3, -0.25) is 4.90 Å². The molecule has 2 fully saturated rings. The smallest absolute Gasteiger partial charge is 0.475 e. The van der Waals surface area contributed by atoms with E-state index in [-0.39, 0.29) is 6.04 Å². The normalized spacial score (nSPS) is 21.8. The highest BCUT2D eigenvalue weighted by Crippen LogP contribution is 2.31. The molecule has 16 heteroatoms. The van der Waals surface area contributed by atoms with Crippen LogP contribution in [0.15, 0.2) is 36.0 Å². The van der Waals surface area contributed by atoms with Crippen molar-refractivity contribution < 1.29 is 50.9 Å². The van der Waals surface area contributed by atoms with Crippen molar-refractivity contribution in [3.8, 4) is 0 Å². The Morgan fingerprint density at radius 2 is 1.70 bits per heavy atom. The van der Waals surface area contributed by atoms with Crippen molar-refractivity contribution in [3.05, 3.63) is 41.0 Å². The number of rotatable bonds is 4. The molecule has 3 N–H and O–H groups in total. The van der Waals surface area contributed by atoms with Crippen molar-refractivity contribution in [1.82, 2.24) is 14.9 Å².